The lowest BCUT2D eigenvalue weighted by molar-refractivity contribution is -0.136. The van der Waals surface area contributed by atoms with E-state index in [0.29, 0.717) is 24.5 Å². The fourth-order valence-corrected chi connectivity index (χ4v) is 3.24. The first-order chi connectivity index (χ1) is 8.68. The third kappa shape index (κ3) is 5.40. The van der Waals surface area contributed by atoms with Crippen molar-refractivity contribution >= 4 is 30.7 Å². The van der Waals surface area contributed by atoms with E-state index in [9.17, 15) is 4.79 Å². The van der Waals surface area contributed by atoms with Gasteiger partial charge in [0, 0.05) is 38.3 Å². The Balaban J connectivity index is 0.00000180. The molecule has 0 unspecified atom stereocenters. The third-order valence-corrected chi connectivity index (χ3v) is 4.13. The summed E-state index contributed by atoms with van der Waals surface area (Å²) in [5.41, 5.74) is 0. The SMILES string of the molecule is CC(C)N(C(=O)CN1CCNCC1)C1CCCC1.Cl.Cl. The molecule has 0 spiro atoms. The molecule has 6 heteroatoms. The first-order valence-corrected chi connectivity index (χ1v) is 7.42. The average molecular weight is 326 g/mol. The minimum Gasteiger partial charge on any atom is -0.336 e. The summed E-state index contributed by atoms with van der Waals surface area (Å²) < 4.78 is 0. The van der Waals surface area contributed by atoms with Crippen molar-refractivity contribution in [3.05, 3.63) is 0 Å². The molecule has 1 saturated carbocycles. The van der Waals surface area contributed by atoms with Crippen LogP contribution in [0.5, 0.6) is 0 Å². The van der Waals surface area contributed by atoms with Gasteiger partial charge in [-0.15, -0.1) is 24.8 Å². The Morgan fingerprint density at radius 3 is 2.25 bits per heavy atom. The summed E-state index contributed by atoms with van der Waals surface area (Å²) in [4.78, 5) is 16.9. The van der Waals surface area contributed by atoms with Crippen LogP contribution < -0.4 is 5.32 Å². The van der Waals surface area contributed by atoms with E-state index in [1.807, 2.05) is 0 Å². The molecule has 0 aromatic heterocycles. The molecule has 1 heterocycles. The van der Waals surface area contributed by atoms with E-state index >= 15 is 0 Å². The van der Waals surface area contributed by atoms with Gasteiger partial charge in [-0.2, -0.15) is 0 Å². The number of halogens is 2. The van der Waals surface area contributed by atoms with Crippen molar-refractivity contribution in [3.8, 4) is 0 Å². The van der Waals surface area contributed by atoms with Gasteiger partial charge >= 0.3 is 0 Å². The van der Waals surface area contributed by atoms with Crippen LogP contribution in [-0.4, -0.2) is 60.5 Å². The zero-order chi connectivity index (χ0) is 13.0. The molecule has 0 radical (unpaired) electrons. The largest absolute Gasteiger partial charge is 0.336 e. The van der Waals surface area contributed by atoms with E-state index in [2.05, 4.69) is 29.0 Å². The number of hydrogen-bond donors (Lipinski definition) is 1. The van der Waals surface area contributed by atoms with Crippen LogP contribution in [-0.2, 0) is 4.79 Å². The molecule has 2 aliphatic rings. The molecule has 4 nitrogen and oxygen atoms in total. The number of piperazine rings is 1. The summed E-state index contributed by atoms with van der Waals surface area (Å²) in [7, 11) is 0. The minimum atomic E-state index is 0. The Labute approximate surface area is 135 Å². The monoisotopic (exact) mass is 325 g/mol. The first kappa shape index (κ1) is 20.0. The maximum absolute atomic E-state index is 12.5. The number of nitrogens with zero attached hydrogens (tertiary/aromatic N) is 2. The second-order valence-electron chi connectivity index (χ2n) is 5.86. The first-order valence-electron chi connectivity index (χ1n) is 7.42. The number of carbonyl (C=O) groups is 1. The molecule has 0 bridgehead atoms. The Hall–Kier alpha value is -0.0300. The third-order valence-electron chi connectivity index (χ3n) is 4.13. The summed E-state index contributed by atoms with van der Waals surface area (Å²) in [6.45, 7) is 8.93. The molecular formula is C14H29Cl2N3O. The van der Waals surface area contributed by atoms with Crippen molar-refractivity contribution < 1.29 is 4.79 Å². The van der Waals surface area contributed by atoms with E-state index in [1.165, 1.54) is 25.7 Å². The molecule has 1 saturated heterocycles. The van der Waals surface area contributed by atoms with Gasteiger partial charge in [-0.3, -0.25) is 9.69 Å². The molecule has 1 amide bonds. The van der Waals surface area contributed by atoms with Crippen molar-refractivity contribution in [1.82, 2.24) is 15.1 Å². The van der Waals surface area contributed by atoms with E-state index < -0.39 is 0 Å². The van der Waals surface area contributed by atoms with Gasteiger partial charge in [-0.1, -0.05) is 12.8 Å². The van der Waals surface area contributed by atoms with Crippen molar-refractivity contribution in [2.75, 3.05) is 32.7 Å². The maximum atomic E-state index is 12.5. The lowest BCUT2D eigenvalue weighted by Gasteiger charge is -2.35. The number of amides is 1. The van der Waals surface area contributed by atoms with Gasteiger partial charge in [-0.25, -0.2) is 0 Å². The van der Waals surface area contributed by atoms with Crippen LogP contribution >= 0.6 is 24.8 Å². The summed E-state index contributed by atoms with van der Waals surface area (Å²) in [5, 5.41) is 3.33. The molecule has 2 rings (SSSR count). The van der Waals surface area contributed by atoms with Gasteiger partial charge in [-0.05, 0) is 26.7 Å². The smallest absolute Gasteiger partial charge is 0.237 e. The normalized spacial score (nSPS) is 20.4. The maximum Gasteiger partial charge on any atom is 0.237 e. The van der Waals surface area contributed by atoms with Gasteiger partial charge in [0.05, 0.1) is 6.54 Å². The van der Waals surface area contributed by atoms with Crippen LogP contribution in [0.1, 0.15) is 39.5 Å². The molecule has 0 aromatic rings. The summed E-state index contributed by atoms with van der Waals surface area (Å²) in [5.74, 6) is 0.332. The summed E-state index contributed by atoms with van der Waals surface area (Å²) >= 11 is 0. The van der Waals surface area contributed by atoms with Crippen LogP contribution in [0.2, 0.25) is 0 Å². The van der Waals surface area contributed by atoms with Crippen LogP contribution in [0.3, 0.4) is 0 Å². The fourth-order valence-electron chi connectivity index (χ4n) is 3.24. The highest BCUT2D eigenvalue weighted by Gasteiger charge is 2.29. The lowest BCUT2D eigenvalue weighted by Crippen LogP contribution is -2.51. The van der Waals surface area contributed by atoms with Gasteiger partial charge in [0.15, 0.2) is 0 Å². The van der Waals surface area contributed by atoms with Crippen LogP contribution in [0, 0.1) is 0 Å². The van der Waals surface area contributed by atoms with Crippen LogP contribution in [0.4, 0.5) is 0 Å². The van der Waals surface area contributed by atoms with Crippen molar-refractivity contribution in [2.24, 2.45) is 0 Å². The van der Waals surface area contributed by atoms with Gasteiger partial charge < -0.3 is 10.2 Å². The van der Waals surface area contributed by atoms with Crippen molar-refractivity contribution in [1.29, 1.82) is 0 Å². The van der Waals surface area contributed by atoms with Crippen LogP contribution in [0.25, 0.3) is 0 Å². The molecule has 20 heavy (non-hydrogen) atoms. The van der Waals surface area contributed by atoms with E-state index in [4.69, 9.17) is 0 Å². The van der Waals surface area contributed by atoms with Crippen LogP contribution in [0.15, 0.2) is 0 Å². The van der Waals surface area contributed by atoms with Crippen molar-refractivity contribution in [3.63, 3.8) is 0 Å². The Kier molecular flexibility index (Phi) is 9.81. The molecular weight excluding hydrogens is 297 g/mol. The Bertz CT molecular complexity index is 278. The van der Waals surface area contributed by atoms with E-state index in [0.717, 1.165) is 26.2 Å². The summed E-state index contributed by atoms with van der Waals surface area (Å²) in [6, 6.07) is 0.837. The highest BCUT2D eigenvalue weighted by atomic mass is 35.5. The van der Waals surface area contributed by atoms with E-state index in [1.54, 1.807) is 0 Å². The predicted octanol–water partition coefficient (Wildman–Crippen LogP) is 1.91. The quantitative estimate of drug-likeness (QED) is 0.857. The highest BCUT2D eigenvalue weighted by molar-refractivity contribution is 5.85. The summed E-state index contributed by atoms with van der Waals surface area (Å²) in [6.07, 6.45) is 4.97. The minimum absolute atomic E-state index is 0. The Morgan fingerprint density at radius 1 is 1.20 bits per heavy atom. The second kappa shape index (κ2) is 9.82. The highest BCUT2D eigenvalue weighted by Crippen LogP contribution is 2.25. The molecule has 120 valence electrons. The zero-order valence-corrected chi connectivity index (χ0v) is 14.3. The number of rotatable bonds is 4. The van der Waals surface area contributed by atoms with Gasteiger partial charge in [0.1, 0.15) is 0 Å². The molecule has 0 atom stereocenters. The molecule has 1 aliphatic heterocycles. The number of nitrogens with one attached hydrogen (secondary N) is 1. The van der Waals surface area contributed by atoms with E-state index in [-0.39, 0.29) is 24.8 Å². The number of hydrogen-bond acceptors (Lipinski definition) is 3. The molecule has 2 fully saturated rings. The molecule has 0 aromatic carbocycles. The molecule has 1 N–H and O–H groups in total. The molecule has 1 aliphatic carbocycles. The number of carbonyl (C=O) groups excluding carboxylic acids is 1. The average Bonchev–Trinajstić information content (AvgIpc) is 2.83. The lowest BCUT2D eigenvalue weighted by atomic mass is 10.1. The van der Waals surface area contributed by atoms with Gasteiger partial charge in [0.2, 0.25) is 5.91 Å². The Morgan fingerprint density at radius 2 is 1.75 bits per heavy atom. The predicted molar refractivity (Wildman–Crippen MR) is 88.0 cm³/mol. The zero-order valence-electron chi connectivity index (χ0n) is 12.6. The topological polar surface area (TPSA) is 35.6 Å². The fraction of sp³-hybridized carbons (Fsp3) is 0.929. The van der Waals surface area contributed by atoms with Crippen molar-refractivity contribution in [2.45, 2.75) is 51.6 Å². The second-order valence-corrected chi connectivity index (χ2v) is 5.86. The standard InChI is InChI=1S/C14H27N3O.2ClH/c1-12(2)17(13-5-3-4-6-13)14(18)11-16-9-7-15-8-10-16;;/h12-13,15H,3-11H2,1-2H3;2*1H. The van der Waals surface area contributed by atoms with Gasteiger partial charge in [0.25, 0.3) is 0 Å².